The SMILES string of the molecule is Cn1ccc2cc(Nc3ncc(C4CC4)cc3C(=O)O)cc(-c3cncnc3)c21. The summed E-state index contributed by atoms with van der Waals surface area (Å²) >= 11 is 0. The number of nitrogens with one attached hydrogen (secondary N) is 1. The highest BCUT2D eigenvalue weighted by Gasteiger charge is 2.26. The Kier molecular flexibility index (Phi) is 4.01. The Labute approximate surface area is 167 Å². The van der Waals surface area contributed by atoms with Gasteiger partial charge in [-0.2, -0.15) is 0 Å². The molecule has 144 valence electrons. The van der Waals surface area contributed by atoms with Crippen LogP contribution in [0.4, 0.5) is 11.5 Å². The number of nitrogens with zero attached hydrogens (tertiary/aromatic N) is 4. The molecule has 0 bridgehead atoms. The fourth-order valence-electron chi connectivity index (χ4n) is 3.69. The minimum Gasteiger partial charge on any atom is -0.478 e. The van der Waals surface area contributed by atoms with Crippen molar-refractivity contribution in [1.82, 2.24) is 19.5 Å². The first-order chi connectivity index (χ1) is 14.1. The molecule has 1 saturated carbocycles. The number of carboxylic acid groups (broad SMARTS) is 1. The van der Waals surface area contributed by atoms with Gasteiger partial charge >= 0.3 is 5.97 Å². The van der Waals surface area contributed by atoms with Crippen molar-refractivity contribution in [3.8, 4) is 11.1 Å². The van der Waals surface area contributed by atoms with Crippen LogP contribution in [0.25, 0.3) is 22.0 Å². The number of benzene rings is 1. The number of rotatable bonds is 5. The molecule has 4 aromatic rings. The zero-order valence-corrected chi connectivity index (χ0v) is 15.8. The Morgan fingerprint density at radius 3 is 2.69 bits per heavy atom. The number of anilines is 2. The largest absolute Gasteiger partial charge is 0.478 e. The summed E-state index contributed by atoms with van der Waals surface area (Å²) in [7, 11) is 1.99. The monoisotopic (exact) mass is 385 g/mol. The fraction of sp³-hybridized carbons (Fsp3) is 0.182. The van der Waals surface area contributed by atoms with Crippen LogP contribution in [0.5, 0.6) is 0 Å². The number of carboxylic acids is 1. The van der Waals surface area contributed by atoms with Crippen molar-refractivity contribution >= 4 is 28.4 Å². The van der Waals surface area contributed by atoms with Gasteiger partial charge in [0.05, 0.1) is 5.52 Å². The van der Waals surface area contributed by atoms with Crippen molar-refractivity contribution in [1.29, 1.82) is 0 Å². The molecule has 1 aliphatic carbocycles. The Hall–Kier alpha value is -3.74. The zero-order valence-electron chi connectivity index (χ0n) is 15.8. The molecule has 29 heavy (non-hydrogen) atoms. The van der Waals surface area contributed by atoms with Gasteiger partial charge in [0.1, 0.15) is 17.7 Å². The van der Waals surface area contributed by atoms with E-state index in [-0.39, 0.29) is 5.56 Å². The number of fused-ring (bicyclic) bond motifs is 1. The van der Waals surface area contributed by atoms with E-state index >= 15 is 0 Å². The maximum Gasteiger partial charge on any atom is 0.339 e. The van der Waals surface area contributed by atoms with Crippen molar-refractivity contribution in [2.75, 3.05) is 5.32 Å². The molecule has 2 N–H and O–H groups in total. The second-order valence-corrected chi connectivity index (χ2v) is 7.38. The summed E-state index contributed by atoms with van der Waals surface area (Å²) in [5.74, 6) is -0.201. The number of aryl methyl sites for hydroxylation is 1. The predicted molar refractivity (Wildman–Crippen MR) is 110 cm³/mol. The normalized spacial score (nSPS) is 13.6. The summed E-state index contributed by atoms with van der Waals surface area (Å²) in [5, 5.41) is 13.9. The summed E-state index contributed by atoms with van der Waals surface area (Å²) in [4.78, 5) is 24.5. The van der Waals surface area contributed by atoms with Crippen LogP contribution in [0.15, 0.2) is 55.4 Å². The van der Waals surface area contributed by atoms with Crippen LogP contribution in [-0.2, 0) is 7.05 Å². The maximum atomic E-state index is 11.8. The van der Waals surface area contributed by atoms with Gasteiger partial charge in [0.2, 0.25) is 0 Å². The van der Waals surface area contributed by atoms with E-state index in [1.54, 1.807) is 24.7 Å². The molecule has 0 saturated heterocycles. The smallest absolute Gasteiger partial charge is 0.339 e. The van der Waals surface area contributed by atoms with Crippen LogP contribution in [0.2, 0.25) is 0 Å². The van der Waals surface area contributed by atoms with Crippen LogP contribution in [0, 0.1) is 0 Å². The molecule has 0 aliphatic heterocycles. The van der Waals surface area contributed by atoms with Gasteiger partial charge in [-0.05, 0) is 48.6 Å². The molecule has 0 unspecified atom stereocenters. The van der Waals surface area contributed by atoms with Gasteiger partial charge in [-0.3, -0.25) is 0 Å². The molecule has 0 spiro atoms. The van der Waals surface area contributed by atoms with E-state index in [2.05, 4.69) is 20.3 Å². The average Bonchev–Trinajstić information content (AvgIpc) is 3.52. The van der Waals surface area contributed by atoms with Crippen LogP contribution < -0.4 is 5.32 Å². The third-order valence-corrected chi connectivity index (χ3v) is 5.29. The Balaban J connectivity index is 1.61. The molecule has 3 aromatic heterocycles. The van der Waals surface area contributed by atoms with E-state index in [0.717, 1.165) is 46.1 Å². The molecular formula is C22H19N5O2. The summed E-state index contributed by atoms with van der Waals surface area (Å²) in [6.45, 7) is 0. The molecule has 7 nitrogen and oxygen atoms in total. The lowest BCUT2D eigenvalue weighted by Gasteiger charge is -2.13. The first-order valence-electron chi connectivity index (χ1n) is 9.45. The zero-order chi connectivity index (χ0) is 20.0. The number of carbonyl (C=O) groups is 1. The fourth-order valence-corrected chi connectivity index (χ4v) is 3.69. The quantitative estimate of drug-likeness (QED) is 0.531. The van der Waals surface area contributed by atoms with E-state index in [4.69, 9.17) is 0 Å². The highest BCUT2D eigenvalue weighted by Crippen LogP contribution is 2.41. The first kappa shape index (κ1) is 17.4. The van der Waals surface area contributed by atoms with Crippen molar-refractivity contribution in [2.45, 2.75) is 18.8 Å². The van der Waals surface area contributed by atoms with Crippen molar-refractivity contribution < 1.29 is 9.90 Å². The molecule has 1 fully saturated rings. The van der Waals surface area contributed by atoms with Gasteiger partial charge < -0.3 is 15.0 Å². The predicted octanol–water partition coefficient (Wildman–Crippen LogP) is 4.35. The van der Waals surface area contributed by atoms with Crippen molar-refractivity contribution in [2.24, 2.45) is 7.05 Å². The highest BCUT2D eigenvalue weighted by atomic mass is 16.4. The van der Waals surface area contributed by atoms with Crippen LogP contribution in [0.1, 0.15) is 34.7 Å². The Morgan fingerprint density at radius 2 is 1.97 bits per heavy atom. The lowest BCUT2D eigenvalue weighted by Crippen LogP contribution is -2.06. The Bertz CT molecular complexity index is 1230. The average molecular weight is 385 g/mol. The third kappa shape index (κ3) is 3.20. The lowest BCUT2D eigenvalue weighted by atomic mass is 10.0. The summed E-state index contributed by atoms with van der Waals surface area (Å²) in [5.41, 5.74) is 4.85. The molecule has 1 aliphatic rings. The molecule has 0 amide bonds. The second kappa shape index (κ2) is 6.70. The minimum atomic E-state index is -0.986. The lowest BCUT2D eigenvalue weighted by molar-refractivity contribution is 0.0697. The second-order valence-electron chi connectivity index (χ2n) is 7.38. The molecule has 7 heteroatoms. The van der Waals surface area contributed by atoms with E-state index < -0.39 is 5.97 Å². The van der Waals surface area contributed by atoms with Gasteiger partial charge in [0, 0.05) is 54.0 Å². The van der Waals surface area contributed by atoms with Gasteiger partial charge in [-0.1, -0.05) is 0 Å². The Morgan fingerprint density at radius 1 is 1.17 bits per heavy atom. The number of hydrogen-bond donors (Lipinski definition) is 2. The van der Waals surface area contributed by atoms with Crippen molar-refractivity contribution in [3.05, 3.63) is 66.5 Å². The first-order valence-corrected chi connectivity index (χ1v) is 9.45. The van der Waals surface area contributed by atoms with Gasteiger partial charge in [-0.15, -0.1) is 0 Å². The number of pyridine rings is 1. The van der Waals surface area contributed by atoms with E-state index in [9.17, 15) is 9.90 Å². The number of hydrogen-bond acceptors (Lipinski definition) is 5. The van der Waals surface area contributed by atoms with Crippen LogP contribution in [0.3, 0.4) is 0 Å². The van der Waals surface area contributed by atoms with Crippen molar-refractivity contribution in [3.63, 3.8) is 0 Å². The van der Waals surface area contributed by atoms with Crippen LogP contribution in [-0.4, -0.2) is 30.6 Å². The minimum absolute atomic E-state index is 0.187. The van der Waals surface area contributed by atoms with Gasteiger partial charge in [-0.25, -0.2) is 19.7 Å². The van der Waals surface area contributed by atoms with E-state index in [0.29, 0.717) is 11.7 Å². The maximum absolute atomic E-state index is 11.8. The molecule has 0 radical (unpaired) electrons. The molecule has 5 rings (SSSR count). The number of aromatic nitrogens is 4. The van der Waals surface area contributed by atoms with E-state index in [1.807, 2.05) is 36.0 Å². The van der Waals surface area contributed by atoms with Gasteiger partial charge in [0.15, 0.2) is 0 Å². The highest BCUT2D eigenvalue weighted by molar-refractivity contribution is 5.99. The summed E-state index contributed by atoms with van der Waals surface area (Å²) in [6.07, 6.45) is 11.0. The summed E-state index contributed by atoms with van der Waals surface area (Å²) < 4.78 is 2.05. The topological polar surface area (TPSA) is 92.9 Å². The molecule has 1 aromatic carbocycles. The molecule has 3 heterocycles. The van der Waals surface area contributed by atoms with Gasteiger partial charge in [0.25, 0.3) is 0 Å². The number of aromatic carboxylic acids is 1. The summed E-state index contributed by atoms with van der Waals surface area (Å²) in [6, 6.07) is 7.73. The van der Waals surface area contributed by atoms with E-state index in [1.165, 1.54) is 6.33 Å². The third-order valence-electron chi connectivity index (χ3n) is 5.29. The molecular weight excluding hydrogens is 366 g/mol. The van der Waals surface area contributed by atoms with Crippen LogP contribution >= 0.6 is 0 Å². The molecule has 0 atom stereocenters. The standard InChI is InChI=1S/C22H19N5O2/c1-27-5-4-14-6-17(8-18(20(14)27)16-9-23-12-24-10-16)26-21-19(22(28)29)7-15(11-25-21)13-2-3-13/h4-13H,2-3H2,1H3,(H,25,26)(H,28,29).